The van der Waals surface area contributed by atoms with Crippen LogP contribution in [0.4, 0.5) is 5.69 Å². The number of hydrogen-bond donors (Lipinski definition) is 2. The summed E-state index contributed by atoms with van der Waals surface area (Å²) in [7, 11) is 12.4. The summed E-state index contributed by atoms with van der Waals surface area (Å²) in [5.74, 6) is -0.240. The van der Waals surface area contributed by atoms with Gasteiger partial charge in [0, 0.05) is 23.2 Å². The summed E-state index contributed by atoms with van der Waals surface area (Å²) < 4.78 is 5.80. The number of rotatable bonds is 6. The number of nitrogens with one attached hydrogen (secondary N) is 1. The average Bonchev–Trinajstić information content (AvgIpc) is 3.00. The molecule has 0 atom stereocenters. The van der Waals surface area contributed by atoms with Crippen molar-refractivity contribution in [3.05, 3.63) is 59.2 Å². The molecule has 29 heavy (non-hydrogen) atoms. The summed E-state index contributed by atoms with van der Waals surface area (Å²) in [6.45, 7) is 7.76. The molecule has 0 bridgehead atoms. The molecule has 2 aromatic carbocycles. The fourth-order valence-corrected chi connectivity index (χ4v) is 3.32. The summed E-state index contributed by atoms with van der Waals surface area (Å²) in [5, 5.41) is 20.5. The number of fused-ring (bicyclic) bond motifs is 1. The molecule has 142 valence electrons. The molecule has 2 N–H and O–H groups in total. The molecule has 1 aliphatic rings. The predicted molar refractivity (Wildman–Crippen MR) is 115 cm³/mol. The largest absolute Gasteiger partial charge is 0.493 e. The molecule has 0 saturated heterocycles. The molecule has 5 nitrogen and oxygen atoms in total. The molecule has 0 saturated carbocycles. The summed E-state index contributed by atoms with van der Waals surface area (Å²) in [6.07, 6.45) is 0. The maximum absolute atomic E-state index is 11.1. The number of nitriles is 1. The van der Waals surface area contributed by atoms with Crippen LogP contribution >= 0.6 is 0 Å². The van der Waals surface area contributed by atoms with Gasteiger partial charge in [-0.3, -0.25) is 0 Å². The molecule has 1 aliphatic heterocycles. The zero-order chi connectivity index (χ0) is 21.3. The SMILES string of the molecule is [B]C1([B])COc2c(-c3ccc(C(C)C)cc3)cc(NCC(=C)C(=O)O)c(C#N)c21. The molecule has 4 radical (unpaired) electrons. The number of ether oxygens (including phenoxy) is 1. The Balaban J connectivity index is 2.15. The molecule has 0 spiro atoms. The lowest BCUT2D eigenvalue weighted by Crippen LogP contribution is -2.29. The van der Waals surface area contributed by atoms with Gasteiger partial charge in [-0.2, -0.15) is 5.26 Å². The summed E-state index contributed by atoms with van der Waals surface area (Å²) in [4.78, 5) is 11.1. The van der Waals surface area contributed by atoms with Gasteiger partial charge in [0.15, 0.2) is 0 Å². The van der Waals surface area contributed by atoms with E-state index in [1.807, 2.05) is 24.3 Å². The minimum Gasteiger partial charge on any atom is -0.493 e. The van der Waals surface area contributed by atoms with E-state index in [0.29, 0.717) is 22.9 Å². The molecule has 0 fully saturated rings. The second-order valence-corrected chi connectivity index (χ2v) is 7.53. The van der Waals surface area contributed by atoms with Crippen LogP contribution in [-0.4, -0.2) is 39.9 Å². The number of hydrogen-bond acceptors (Lipinski definition) is 4. The maximum atomic E-state index is 11.1. The van der Waals surface area contributed by atoms with Gasteiger partial charge in [0.05, 0.1) is 33.6 Å². The van der Waals surface area contributed by atoms with Crippen molar-refractivity contribution < 1.29 is 14.6 Å². The predicted octanol–water partition coefficient (Wildman–Crippen LogP) is 3.28. The van der Waals surface area contributed by atoms with Crippen molar-refractivity contribution in [2.24, 2.45) is 0 Å². The number of nitrogens with zero attached hydrogens (tertiary/aromatic N) is 1. The first-order valence-corrected chi connectivity index (χ1v) is 9.23. The smallest absolute Gasteiger partial charge is 0.332 e. The number of carboxylic acid groups (broad SMARTS) is 1. The fourth-order valence-electron chi connectivity index (χ4n) is 3.32. The van der Waals surface area contributed by atoms with Gasteiger partial charge < -0.3 is 15.2 Å². The van der Waals surface area contributed by atoms with E-state index in [0.717, 1.165) is 11.1 Å². The molecule has 0 unspecified atom stereocenters. The molecule has 0 aromatic heterocycles. The van der Waals surface area contributed by atoms with Gasteiger partial charge in [0.25, 0.3) is 0 Å². The van der Waals surface area contributed by atoms with Crippen molar-refractivity contribution in [2.45, 2.75) is 25.0 Å². The third kappa shape index (κ3) is 3.88. The Morgan fingerprint density at radius 2 is 2.03 bits per heavy atom. The number of aliphatic carboxylic acids is 1. The van der Waals surface area contributed by atoms with E-state index in [1.165, 1.54) is 5.56 Å². The molecule has 7 heteroatoms. The second-order valence-electron chi connectivity index (χ2n) is 7.53. The number of carbonyl (C=O) groups is 1. The highest BCUT2D eigenvalue weighted by Gasteiger charge is 2.37. The number of carboxylic acids is 1. The van der Waals surface area contributed by atoms with Gasteiger partial charge >= 0.3 is 5.97 Å². The summed E-state index contributed by atoms with van der Waals surface area (Å²) in [5.41, 5.74) is 3.87. The second kappa shape index (κ2) is 7.71. The molecule has 1 heterocycles. The molecular weight excluding hydrogens is 362 g/mol. The van der Waals surface area contributed by atoms with Crippen LogP contribution < -0.4 is 10.1 Å². The van der Waals surface area contributed by atoms with Gasteiger partial charge in [-0.05, 0) is 28.3 Å². The Labute approximate surface area is 173 Å². The minimum atomic E-state index is -1.32. The van der Waals surface area contributed by atoms with Crippen LogP contribution in [0, 0.1) is 11.3 Å². The number of benzene rings is 2. The van der Waals surface area contributed by atoms with Crippen molar-refractivity contribution in [1.82, 2.24) is 0 Å². The Bertz CT molecular complexity index is 1020. The topological polar surface area (TPSA) is 82.3 Å². The van der Waals surface area contributed by atoms with Crippen LogP contribution in [0.1, 0.15) is 36.5 Å². The molecular formula is C22H20B2N2O3. The molecule has 0 amide bonds. The van der Waals surface area contributed by atoms with Crippen LogP contribution in [0.5, 0.6) is 5.75 Å². The van der Waals surface area contributed by atoms with Gasteiger partial charge in [-0.25, -0.2) is 4.79 Å². The van der Waals surface area contributed by atoms with Crippen LogP contribution in [0.15, 0.2) is 42.5 Å². The Morgan fingerprint density at radius 1 is 1.38 bits per heavy atom. The van der Waals surface area contributed by atoms with E-state index in [4.69, 9.17) is 25.5 Å². The van der Waals surface area contributed by atoms with Gasteiger partial charge in [0.2, 0.25) is 0 Å². The van der Waals surface area contributed by atoms with Crippen LogP contribution in [0.2, 0.25) is 0 Å². The Hall–Kier alpha value is -3.13. The Kier molecular flexibility index (Phi) is 5.48. The lowest BCUT2D eigenvalue weighted by molar-refractivity contribution is -0.132. The Morgan fingerprint density at radius 3 is 2.59 bits per heavy atom. The first kappa shape index (κ1) is 20.6. The standard InChI is InChI=1S/C22H20B2N2O3/c1-12(2)14-4-6-15(7-5-14)16-8-18(26-10-13(3)21(27)28)17(9-25)19-20(16)29-11-22(19,23)24/h4-8,12,26H,3,10-11H2,1-2H3,(H,27,28). The summed E-state index contributed by atoms with van der Waals surface area (Å²) in [6, 6.07) is 11.9. The van der Waals surface area contributed by atoms with Gasteiger partial charge in [-0.1, -0.05) is 44.7 Å². The van der Waals surface area contributed by atoms with Crippen molar-refractivity contribution in [1.29, 1.82) is 5.26 Å². The monoisotopic (exact) mass is 382 g/mol. The van der Waals surface area contributed by atoms with E-state index in [2.05, 4.69) is 31.8 Å². The minimum absolute atomic E-state index is 0.0276. The zero-order valence-electron chi connectivity index (χ0n) is 16.5. The van der Waals surface area contributed by atoms with E-state index in [-0.39, 0.29) is 24.3 Å². The average molecular weight is 382 g/mol. The highest BCUT2D eigenvalue weighted by atomic mass is 16.5. The van der Waals surface area contributed by atoms with Crippen molar-refractivity contribution >= 4 is 27.3 Å². The first-order chi connectivity index (χ1) is 13.7. The molecule has 2 aromatic rings. The third-order valence-electron chi connectivity index (χ3n) is 5.00. The van der Waals surface area contributed by atoms with Crippen molar-refractivity contribution in [3.63, 3.8) is 0 Å². The molecule has 3 rings (SSSR count). The highest BCUT2D eigenvalue weighted by Crippen LogP contribution is 2.47. The van der Waals surface area contributed by atoms with E-state index >= 15 is 0 Å². The molecule has 0 aliphatic carbocycles. The van der Waals surface area contributed by atoms with Gasteiger partial charge in [0.1, 0.15) is 11.8 Å². The normalized spacial score (nSPS) is 14.0. The van der Waals surface area contributed by atoms with E-state index in [1.54, 1.807) is 6.07 Å². The van der Waals surface area contributed by atoms with Crippen LogP contribution in [0.3, 0.4) is 0 Å². The zero-order valence-corrected chi connectivity index (χ0v) is 16.5. The van der Waals surface area contributed by atoms with Gasteiger partial charge in [-0.15, -0.1) is 0 Å². The lowest BCUT2D eigenvalue weighted by atomic mass is 9.51. The third-order valence-corrected chi connectivity index (χ3v) is 5.00. The maximum Gasteiger partial charge on any atom is 0.332 e. The van der Waals surface area contributed by atoms with Crippen LogP contribution in [-0.2, 0) is 10.0 Å². The van der Waals surface area contributed by atoms with E-state index in [9.17, 15) is 10.1 Å². The quantitative estimate of drug-likeness (QED) is 0.592. The van der Waals surface area contributed by atoms with Crippen molar-refractivity contribution in [3.8, 4) is 22.9 Å². The first-order valence-electron chi connectivity index (χ1n) is 9.23. The number of anilines is 1. The summed E-state index contributed by atoms with van der Waals surface area (Å²) >= 11 is 0. The lowest BCUT2D eigenvalue weighted by Gasteiger charge is -2.21. The highest BCUT2D eigenvalue weighted by molar-refractivity contribution is 6.41. The fraction of sp³-hybridized carbons (Fsp3) is 0.273. The van der Waals surface area contributed by atoms with Crippen LogP contribution in [0.25, 0.3) is 11.1 Å². The van der Waals surface area contributed by atoms with Crippen molar-refractivity contribution in [2.75, 3.05) is 18.5 Å². The van der Waals surface area contributed by atoms with E-state index < -0.39 is 11.2 Å².